The van der Waals surface area contributed by atoms with Crippen molar-refractivity contribution >= 4 is 15.5 Å². The van der Waals surface area contributed by atoms with Crippen molar-refractivity contribution in [2.24, 2.45) is 5.92 Å². The Kier molecular flexibility index (Phi) is 4.70. The molecular weight excluding hydrogens is 272 g/mol. The van der Waals surface area contributed by atoms with Crippen LogP contribution < -0.4 is 5.73 Å². The molecule has 0 bridgehead atoms. The van der Waals surface area contributed by atoms with Gasteiger partial charge in [-0.15, -0.1) is 0 Å². The molecule has 0 aromatic heterocycles. The molecule has 1 fully saturated rings. The summed E-state index contributed by atoms with van der Waals surface area (Å²) in [6, 6.07) is 7.99. The van der Waals surface area contributed by atoms with Gasteiger partial charge in [0, 0.05) is 24.8 Å². The molecule has 1 aliphatic heterocycles. The molecule has 0 aliphatic carbocycles. The van der Waals surface area contributed by atoms with E-state index in [0.717, 1.165) is 25.2 Å². The number of nitrogen functional groups attached to an aromatic ring is 1. The quantitative estimate of drug-likeness (QED) is 0.843. The smallest absolute Gasteiger partial charge is 0.151 e. The molecule has 112 valence electrons. The average Bonchev–Trinajstić information content (AvgIpc) is 2.71. The molecule has 2 N–H and O–H groups in total. The van der Waals surface area contributed by atoms with E-state index in [1.54, 1.807) is 0 Å². The largest absolute Gasteiger partial charge is 0.399 e. The molecule has 2 rings (SSSR count). The van der Waals surface area contributed by atoms with Crippen LogP contribution in [-0.2, 0) is 16.4 Å². The Hall–Kier alpha value is -1.07. The SMILES string of the molecule is CC(C)CN(Cc1ccc(N)cc1)[C@H]1CCS(=O)(=O)C1. The van der Waals surface area contributed by atoms with Crippen LogP contribution in [0.15, 0.2) is 24.3 Å². The van der Waals surface area contributed by atoms with Crippen LogP contribution in [0.4, 0.5) is 5.69 Å². The van der Waals surface area contributed by atoms with Gasteiger partial charge in [-0.05, 0) is 30.0 Å². The molecule has 1 atom stereocenters. The van der Waals surface area contributed by atoms with Gasteiger partial charge in [0.2, 0.25) is 0 Å². The van der Waals surface area contributed by atoms with E-state index < -0.39 is 9.84 Å². The van der Waals surface area contributed by atoms with Crippen molar-refractivity contribution in [3.63, 3.8) is 0 Å². The van der Waals surface area contributed by atoms with E-state index in [1.807, 2.05) is 24.3 Å². The van der Waals surface area contributed by atoms with Crippen LogP contribution in [0.5, 0.6) is 0 Å². The lowest BCUT2D eigenvalue weighted by Crippen LogP contribution is -2.38. The molecule has 1 aromatic rings. The Bertz CT molecular complexity index is 537. The minimum atomic E-state index is -2.84. The molecule has 1 aromatic carbocycles. The zero-order chi connectivity index (χ0) is 14.8. The predicted octanol–water partition coefficient (Wildman–Crippen LogP) is 1.91. The number of sulfone groups is 1. The van der Waals surface area contributed by atoms with Gasteiger partial charge in [0.25, 0.3) is 0 Å². The zero-order valence-corrected chi connectivity index (χ0v) is 13.1. The number of nitrogens with zero attached hydrogens (tertiary/aromatic N) is 1. The van der Waals surface area contributed by atoms with Crippen molar-refractivity contribution < 1.29 is 8.42 Å². The second kappa shape index (κ2) is 6.14. The molecule has 0 spiro atoms. The van der Waals surface area contributed by atoms with Crippen molar-refractivity contribution in [2.45, 2.75) is 32.9 Å². The summed E-state index contributed by atoms with van der Waals surface area (Å²) in [5.74, 6) is 1.15. The molecule has 1 heterocycles. The van der Waals surface area contributed by atoms with E-state index in [4.69, 9.17) is 5.73 Å². The average molecular weight is 296 g/mol. The van der Waals surface area contributed by atoms with E-state index in [1.165, 1.54) is 5.56 Å². The minimum Gasteiger partial charge on any atom is -0.399 e. The molecule has 0 saturated carbocycles. The monoisotopic (exact) mass is 296 g/mol. The fraction of sp³-hybridized carbons (Fsp3) is 0.600. The van der Waals surface area contributed by atoms with Gasteiger partial charge < -0.3 is 5.73 Å². The maximum Gasteiger partial charge on any atom is 0.151 e. The normalized spacial score (nSPS) is 21.7. The van der Waals surface area contributed by atoms with Crippen LogP contribution in [0.1, 0.15) is 25.8 Å². The topological polar surface area (TPSA) is 63.4 Å². The summed E-state index contributed by atoms with van der Waals surface area (Å²) < 4.78 is 23.4. The summed E-state index contributed by atoms with van der Waals surface area (Å²) in [4.78, 5) is 2.31. The number of hydrogen-bond donors (Lipinski definition) is 1. The Morgan fingerprint density at radius 1 is 1.30 bits per heavy atom. The van der Waals surface area contributed by atoms with Crippen molar-refractivity contribution in [1.29, 1.82) is 0 Å². The van der Waals surface area contributed by atoms with Crippen molar-refractivity contribution in [3.05, 3.63) is 29.8 Å². The summed E-state index contributed by atoms with van der Waals surface area (Å²) in [6.07, 6.45) is 0.754. The van der Waals surface area contributed by atoms with Crippen molar-refractivity contribution in [2.75, 3.05) is 23.8 Å². The molecular formula is C15H24N2O2S. The van der Waals surface area contributed by atoms with E-state index in [9.17, 15) is 8.42 Å². The van der Waals surface area contributed by atoms with Gasteiger partial charge in [-0.3, -0.25) is 4.90 Å². The summed E-state index contributed by atoms with van der Waals surface area (Å²) in [5.41, 5.74) is 7.64. The van der Waals surface area contributed by atoms with Crippen LogP contribution >= 0.6 is 0 Å². The molecule has 0 amide bonds. The minimum absolute atomic E-state index is 0.153. The van der Waals surface area contributed by atoms with Gasteiger partial charge in [0.05, 0.1) is 11.5 Å². The fourth-order valence-corrected chi connectivity index (χ4v) is 4.49. The first-order chi connectivity index (χ1) is 9.35. The molecule has 5 heteroatoms. The van der Waals surface area contributed by atoms with Gasteiger partial charge in [-0.1, -0.05) is 26.0 Å². The third-order valence-electron chi connectivity index (χ3n) is 3.69. The van der Waals surface area contributed by atoms with E-state index >= 15 is 0 Å². The van der Waals surface area contributed by atoms with Crippen LogP contribution in [0.25, 0.3) is 0 Å². The van der Waals surface area contributed by atoms with Crippen LogP contribution in [0.3, 0.4) is 0 Å². The molecule has 0 radical (unpaired) electrons. The first-order valence-corrected chi connectivity index (χ1v) is 8.97. The lowest BCUT2D eigenvalue weighted by Gasteiger charge is -2.29. The summed E-state index contributed by atoms with van der Waals surface area (Å²) in [6.45, 7) is 6.04. The van der Waals surface area contributed by atoms with Gasteiger partial charge in [0.15, 0.2) is 9.84 Å². The third-order valence-corrected chi connectivity index (χ3v) is 5.44. The highest BCUT2D eigenvalue weighted by atomic mass is 32.2. The second-order valence-electron chi connectivity index (χ2n) is 6.12. The zero-order valence-electron chi connectivity index (χ0n) is 12.2. The number of nitrogens with two attached hydrogens (primary N) is 1. The Morgan fingerprint density at radius 3 is 2.45 bits per heavy atom. The van der Waals surface area contributed by atoms with Gasteiger partial charge >= 0.3 is 0 Å². The lowest BCUT2D eigenvalue weighted by molar-refractivity contribution is 0.181. The first kappa shape index (κ1) is 15.3. The highest BCUT2D eigenvalue weighted by Crippen LogP contribution is 2.21. The molecule has 20 heavy (non-hydrogen) atoms. The predicted molar refractivity (Wildman–Crippen MR) is 83.2 cm³/mol. The summed E-state index contributed by atoms with van der Waals surface area (Å²) in [5, 5.41) is 0. The van der Waals surface area contributed by atoms with Gasteiger partial charge in [-0.2, -0.15) is 0 Å². The molecule has 4 nitrogen and oxygen atoms in total. The fourth-order valence-electron chi connectivity index (χ4n) is 2.73. The third kappa shape index (κ3) is 4.21. The molecule has 0 unspecified atom stereocenters. The molecule has 1 saturated heterocycles. The van der Waals surface area contributed by atoms with Crippen LogP contribution in [-0.4, -0.2) is 37.4 Å². The Balaban J connectivity index is 2.09. The highest BCUT2D eigenvalue weighted by molar-refractivity contribution is 7.91. The second-order valence-corrected chi connectivity index (χ2v) is 8.35. The van der Waals surface area contributed by atoms with Crippen molar-refractivity contribution in [1.82, 2.24) is 4.90 Å². The lowest BCUT2D eigenvalue weighted by atomic mass is 10.1. The van der Waals surface area contributed by atoms with Crippen molar-refractivity contribution in [3.8, 4) is 0 Å². The maximum atomic E-state index is 11.7. The van der Waals surface area contributed by atoms with E-state index in [-0.39, 0.29) is 6.04 Å². The summed E-state index contributed by atoms with van der Waals surface area (Å²) >= 11 is 0. The Labute approximate surface area is 121 Å². The van der Waals surface area contributed by atoms with E-state index in [2.05, 4.69) is 18.7 Å². The van der Waals surface area contributed by atoms with Crippen LogP contribution in [0, 0.1) is 5.92 Å². The first-order valence-electron chi connectivity index (χ1n) is 7.14. The number of benzene rings is 1. The standard InChI is InChI=1S/C15H24N2O2S/c1-12(2)9-17(15-7-8-20(18,19)11-15)10-13-3-5-14(16)6-4-13/h3-6,12,15H,7-11,16H2,1-2H3/t15-/m0/s1. The van der Waals surface area contributed by atoms with Crippen LogP contribution in [0.2, 0.25) is 0 Å². The maximum absolute atomic E-state index is 11.7. The molecule has 1 aliphatic rings. The van der Waals surface area contributed by atoms with E-state index in [0.29, 0.717) is 17.4 Å². The van der Waals surface area contributed by atoms with Gasteiger partial charge in [0.1, 0.15) is 0 Å². The number of anilines is 1. The Morgan fingerprint density at radius 2 is 1.95 bits per heavy atom. The summed E-state index contributed by atoms with van der Waals surface area (Å²) in [7, 11) is -2.84. The van der Waals surface area contributed by atoms with Gasteiger partial charge in [-0.25, -0.2) is 8.42 Å². The highest BCUT2D eigenvalue weighted by Gasteiger charge is 2.32. The number of rotatable bonds is 5. The number of hydrogen-bond acceptors (Lipinski definition) is 4.